The molecule has 0 saturated carbocycles. The lowest BCUT2D eigenvalue weighted by Crippen LogP contribution is -2.38. The van der Waals surface area contributed by atoms with Crippen molar-refractivity contribution >= 4 is 11.8 Å². The Hall–Kier alpha value is -1.36. The molecule has 1 atom stereocenters. The van der Waals surface area contributed by atoms with E-state index >= 15 is 0 Å². The Bertz CT molecular complexity index is 502. The lowest BCUT2D eigenvalue weighted by molar-refractivity contribution is 0.575. The number of hydrogen-bond acceptors (Lipinski definition) is 4. The average Bonchev–Trinajstić information content (AvgIpc) is 2.44. The molecule has 1 aromatic heterocycles. The van der Waals surface area contributed by atoms with Crippen LogP contribution in [0.4, 0.5) is 0 Å². The van der Waals surface area contributed by atoms with Crippen LogP contribution >= 0.6 is 11.8 Å². The summed E-state index contributed by atoms with van der Waals surface area (Å²) in [7, 11) is 0. The van der Waals surface area contributed by atoms with Crippen molar-refractivity contribution in [2.45, 2.75) is 24.3 Å². The van der Waals surface area contributed by atoms with Crippen LogP contribution in [0.15, 0.2) is 53.7 Å². The highest BCUT2D eigenvalue weighted by atomic mass is 32.2. The third-order valence-electron chi connectivity index (χ3n) is 2.91. The summed E-state index contributed by atoms with van der Waals surface area (Å²) in [6.07, 6.45) is 4.55. The van der Waals surface area contributed by atoms with Gasteiger partial charge >= 0.3 is 0 Å². The number of pyridine rings is 1. The van der Waals surface area contributed by atoms with E-state index < -0.39 is 0 Å². The molecule has 19 heavy (non-hydrogen) atoms. The fourth-order valence-electron chi connectivity index (χ4n) is 1.87. The van der Waals surface area contributed by atoms with Gasteiger partial charge in [-0.15, -0.1) is 11.8 Å². The summed E-state index contributed by atoms with van der Waals surface area (Å²) < 4.78 is 0. The maximum atomic E-state index is 5.64. The summed E-state index contributed by atoms with van der Waals surface area (Å²) >= 11 is 1.83. The second kappa shape index (κ2) is 7.28. The molecule has 0 fully saturated rings. The van der Waals surface area contributed by atoms with E-state index in [0.29, 0.717) is 0 Å². The molecule has 1 unspecified atom stereocenters. The highest BCUT2D eigenvalue weighted by Gasteiger charge is 2.08. The quantitative estimate of drug-likeness (QED) is 0.482. The molecular formula is C15H19N3S. The molecule has 0 bridgehead atoms. The molecule has 0 aliphatic rings. The van der Waals surface area contributed by atoms with E-state index in [9.17, 15) is 0 Å². The van der Waals surface area contributed by atoms with Gasteiger partial charge in [-0.05, 0) is 43.2 Å². The fourth-order valence-corrected chi connectivity index (χ4v) is 2.92. The van der Waals surface area contributed by atoms with Gasteiger partial charge in [-0.2, -0.15) is 0 Å². The van der Waals surface area contributed by atoms with Crippen molar-refractivity contribution in [3.63, 3.8) is 0 Å². The number of hydrogen-bond donors (Lipinski definition) is 2. The Morgan fingerprint density at radius 1 is 1.26 bits per heavy atom. The van der Waals surface area contributed by atoms with Gasteiger partial charge in [0.1, 0.15) is 0 Å². The van der Waals surface area contributed by atoms with Crippen LogP contribution in [-0.2, 0) is 6.42 Å². The van der Waals surface area contributed by atoms with E-state index in [0.717, 1.165) is 12.2 Å². The maximum absolute atomic E-state index is 5.64. The molecule has 2 aromatic rings. The van der Waals surface area contributed by atoms with Crippen LogP contribution < -0.4 is 11.3 Å². The number of nitrogens with zero attached hydrogens (tertiary/aromatic N) is 1. The van der Waals surface area contributed by atoms with Gasteiger partial charge in [-0.3, -0.25) is 16.3 Å². The Morgan fingerprint density at radius 2 is 2.05 bits per heavy atom. The van der Waals surface area contributed by atoms with E-state index in [1.165, 1.54) is 16.0 Å². The SMILES string of the molecule is Cc1cccc(SCC(Cc2ccncc2)NN)c1. The number of aryl methyl sites for hydroxylation is 1. The van der Waals surface area contributed by atoms with Crippen LogP contribution in [0.2, 0.25) is 0 Å². The summed E-state index contributed by atoms with van der Waals surface area (Å²) in [6, 6.07) is 12.9. The molecule has 0 saturated heterocycles. The molecule has 3 nitrogen and oxygen atoms in total. The first-order chi connectivity index (χ1) is 9.28. The minimum Gasteiger partial charge on any atom is -0.271 e. The van der Waals surface area contributed by atoms with Crippen LogP contribution in [0, 0.1) is 6.92 Å². The second-order valence-corrected chi connectivity index (χ2v) is 5.64. The topological polar surface area (TPSA) is 50.9 Å². The zero-order chi connectivity index (χ0) is 13.5. The van der Waals surface area contributed by atoms with Crippen molar-refractivity contribution in [1.29, 1.82) is 0 Å². The third kappa shape index (κ3) is 4.67. The molecule has 1 heterocycles. The molecule has 0 aliphatic heterocycles. The van der Waals surface area contributed by atoms with Gasteiger partial charge in [0, 0.05) is 29.1 Å². The molecule has 0 spiro atoms. The zero-order valence-electron chi connectivity index (χ0n) is 11.0. The minimum atomic E-state index is 0.257. The van der Waals surface area contributed by atoms with Gasteiger partial charge in [-0.25, -0.2) is 0 Å². The highest BCUT2D eigenvalue weighted by molar-refractivity contribution is 7.99. The van der Waals surface area contributed by atoms with Crippen LogP contribution in [-0.4, -0.2) is 16.8 Å². The maximum Gasteiger partial charge on any atom is 0.0344 e. The average molecular weight is 273 g/mol. The summed E-state index contributed by atoms with van der Waals surface area (Å²) in [6.45, 7) is 2.11. The van der Waals surface area contributed by atoms with Gasteiger partial charge < -0.3 is 0 Å². The molecule has 1 aromatic carbocycles. The fraction of sp³-hybridized carbons (Fsp3) is 0.267. The second-order valence-electron chi connectivity index (χ2n) is 4.55. The Balaban J connectivity index is 1.89. The largest absolute Gasteiger partial charge is 0.271 e. The van der Waals surface area contributed by atoms with E-state index in [2.05, 4.69) is 41.6 Å². The van der Waals surface area contributed by atoms with Gasteiger partial charge in [0.05, 0.1) is 0 Å². The minimum absolute atomic E-state index is 0.257. The molecule has 4 heteroatoms. The van der Waals surface area contributed by atoms with E-state index in [1.807, 2.05) is 36.3 Å². The number of aromatic nitrogens is 1. The van der Waals surface area contributed by atoms with Crippen molar-refractivity contribution < 1.29 is 0 Å². The van der Waals surface area contributed by atoms with Gasteiger partial charge in [-0.1, -0.05) is 17.7 Å². The normalized spacial score (nSPS) is 12.3. The summed E-state index contributed by atoms with van der Waals surface area (Å²) in [5.41, 5.74) is 5.44. The van der Waals surface area contributed by atoms with Crippen molar-refractivity contribution in [2.75, 3.05) is 5.75 Å². The van der Waals surface area contributed by atoms with Crippen molar-refractivity contribution in [3.8, 4) is 0 Å². The number of benzene rings is 1. The summed E-state index contributed by atoms with van der Waals surface area (Å²) in [5.74, 6) is 6.58. The first kappa shape index (κ1) is 14.1. The van der Waals surface area contributed by atoms with Crippen molar-refractivity contribution in [1.82, 2.24) is 10.4 Å². The number of thioether (sulfide) groups is 1. The van der Waals surface area contributed by atoms with E-state index in [4.69, 9.17) is 5.84 Å². The van der Waals surface area contributed by atoms with Gasteiger partial charge in [0.2, 0.25) is 0 Å². The smallest absolute Gasteiger partial charge is 0.0344 e. The number of nitrogens with two attached hydrogens (primary N) is 1. The first-order valence-electron chi connectivity index (χ1n) is 6.32. The molecule has 0 amide bonds. The van der Waals surface area contributed by atoms with Crippen molar-refractivity contribution in [3.05, 3.63) is 59.9 Å². The van der Waals surface area contributed by atoms with Crippen LogP contribution in [0.5, 0.6) is 0 Å². The molecule has 100 valence electrons. The molecule has 3 N–H and O–H groups in total. The van der Waals surface area contributed by atoms with Gasteiger partial charge in [0.15, 0.2) is 0 Å². The Kier molecular flexibility index (Phi) is 5.39. The summed E-state index contributed by atoms with van der Waals surface area (Å²) in [5, 5.41) is 0. The van der Waals surface area contributed by atoms with Gasteiger partial charge in [0.25, 0.3) is 0 Å². The molecular weight excluding hydrogens is 254 g/mol. The molecule has 2 rings (SSSR count). The van der Waals surface area contributed by atoms with E-state index in [-0.39, 0.29) is 6.04 Å². The number of nitrogens with one attached hydrogen (secondary N) is 1. The van der Waals surface area contributed by atoms with Crippen LogP contribution in [0.25, 0.3) is 0 Å². The standard InChI is InChI=1S/C15H19N3S/c1-12-3-2-4-15(9-12)19-11-14(18-16)10-13-5-7-17-8-6-13/h2-9,14,18H,10-11,16H2,1H3. The third-order valence-corrected chi connectivity index (χ3v) is 4.06. The number of rotatable bonds is 6. The molecule has 0 aliphatic carbocycles. The Morgan fingerprint density at radius 3 is 2.74 bits per heavy atom. The molecule has 0 radical (unpaired) electrons. The van der Waals surface area contributed by atoms with Crippen LogP contribution in [0.3, 0.4) is 0 Å². The summed E-state index contributed by atoms with van der Waals surface area (Å²) in [4.78, 5) is 5.31. The highest BCUT2D eigenvalue weighted by Crippen LogP contribution is 2.20. The lowest BCUT2D eigenvalue weighted by atomic mass is 10.1. The van der Waals surface area contributed by atoms with Crippen molar-refractivity contribution in [2.24, 2.45) is 5.84 Å². The predicted octanol–water partition coefficient (Wildman–Crippen LogP) is 2.56. The first-order valence-corrected chi connectivity index (χ1v) is 7.31. The predicted molar refractivity (Wildman–Crippen MR) is 81.0 cm³/mol. The zero-order valence-corrected chi connectivity index (χ0v) is 11.9. The lowest BCUT2D eigenvalue weighted by Gasteiger charge is -2.15. The van der Waals surface area contributed by atoms with Crippen LogP contribution in [0.1, 0.15) is 11.1 Å². The van der Waals surface area contributed by atoms with E-state index in [1.54, 1.807) is 0 Å². The Labute approximate surface area is 118 Å². The number of hydrazine groups is 1. The monoisotopic (exact) mass is 273 g/mol.